The van der Waals surface area contributed by atoms with Gasteiger partial charge in [0.05, 0.1) is 12.2 Å². The Morgan fingerprint density at radius 3 is 2.62 bits per heavy atom. The molecule has 0 unspecified atom stereocenters. The van der Waals surface area contributed by atoms with Crippen molar-refractivity contribution in [2.45, 2.75) is 71.0 Å². The van der Waals surface area contributed by atoms with Crippen LogP contribution in [0.3, 0.4) is 0 Å². The molecule has 0 amide bonds. The van der Waals surface area contributed by atoms with Crippen molar-refractivity contribution in [1.29, 1.82) is 0 Å². The SMILES string of the molecule is CCCCC[C@H](O)C=C[C@@H]1[C@H]2CC(=CCSCC)C[C@H]2C[C@H]1O.CNC. The Morgan fingerprint density at radius 1 is 1.23 bits per heavy atom. The molecule has 0 radical (unpaired) electrons. The number of allylic oxidation sites excluding steroid dienone is 1. The van der Waals surface area contributed by atoms with Crippen LogP contribution in [0.4, 0.5) is 0 Å². The number of aliphatic hydroxyl groups is 2. The highest BCUT2D eigenvalue weighted by Gasteiger charge is 2.44. The molecular weight excluding hydrogens is 342 g/mol. The Labute approximate surface area is 165 Å². The van der Waals surface area contributed by atoms with Crippen LogP contribution < -0.4 is 5.32 Å². The molecule has 2 rings (SSSR count). The molecule has 0 spiro atoms. The van der Waals surface area contributed by atoms with Crippen LogP contribution in [0.5, 0.6) is 0 Å². The van der Waals surface area contributed by atoms with Crippen molar-refractivity contribution in [3.8, 4) is 0 Å². The van der Waals surface area contributed by atoms with Crippen LogP contribution in [0.2, 0.25) is 0 Å². The van der Waals surface area contributed by atoms with Gasteiger partial charge in [0.25, 0.3) is 0 Å². The van der Waals surface area contributed by atoms with E-state index >= 15 is 0 Å². The zero-order valence-corrected chi connectivity index (χ0v) is 18.1. The molecule has 152 valence electrons. The molecule has 2 fully saturated rings. The van der Waals surface area contributed by atoms with Gasteiger partial charge in [0.2, 0.25) is 0 Å². The van der Waals surface area contributed by atoms with Crippen LogP contribution in [-0.4, -0.2) is 48.0 Å². The van der Waals surface area contributed by atoms with Gasteiger partial charge in [-0.1, -0.05) is 56.9 Å². The lowest BCUT2D eigenvalue weighted by atomic mass is 9.90. The lowest BCUT2D eigenvalue weighted by Crippen LogP contribution is -2.17. The first-order valence-corrected chi connectivity index (χ1v) is 11.6. The van der Waals surface area contributed by atoms with E-state index in [4.69, 9.17) is 0 Å². The van der Waals surface area contributed by atoms with Crippen molar-refractivity contribution in [3.05, 3.63) is 23.8 Å². The number of thioether (sulfide) groups is 1. The second-order valence-electron chi connectivity index (χ2n) is 7.68. The van der Waals surface area contributed by atoms with Gasteiger partial charge in [-0.2, -0.15) is 11.8 Å². The third kappa shape index (κ3) is 8.16. The summed E-state index contributed by atoms with van der Waals surface area (Å²) in [5.74, 6) is 3.78. The van der Waals surface area contributed by atoms with Crippen molar-refractivity contribution in [2.24, 2.45) is 17.8 Å². The van der Waals surface area contributed by atoms with Gasteiger partial charge < -0.3 is 15.5 Å². The molecule has 2 aliphatic rings. The smallest absolute Gasteiger partial charge is 0.0721 e. The van der Waals surface area contributed by atoms with Crippen LogP contribution >= 0.6 is 11.8 Å². The van der Waals surface area contributed by atoms with Gasteiger partial charge in [0, 0.05) is 11.7 Å². The van der Waals surface area contributed by atoms with Crippen LogP contribution in [0, 0.1) is 17.8 Å². The van der Waals surface area contributed by atoms with E-state index in [-0.39, 0.29) is 18.1 Å². The molecule has 2 saturated carbocycles. The van der Waals surface area contributed by atoms with Crippen molar-refractivity contribution in [1.82, 2.24) is 5.32 Å². The molecule has 0 aromatic carbocycles. The van der Waals surface area contributed by atoms with Crippen molar-refractivity contribution >= 4 is 11.8 Å². The van der Waals surface area contributed by atoms with Gasteiger partial charge in [-0.05, 0) is 57.4 Å². The summed E-state index contributed by atoms with van der Waals surface area (Å²) in [6, 6.07) is 0. The molecule has 5 atom stereocenters. The van der Waals surface area contributed by atoms with E-state index in [1.807, 2.05) is 31.9 Å². The first kappa shape index (κ1) is 23.7. The largest absolute Gasteiger partial charge is 0.392 e. The Bertz CT molecular complexity index is 424. The normalized spacial score (nSPS) is 30.5. The van der Waals surface area contributed by atoms with Gasteiger partial charge >= 0.3 is 0 Å². The third-order valence-electron chi connectivity index (χ3n) is 5.46. The summed E-state index contributed by atoms with van der Waals surface area (Å²) in [6.07, 6.45) is 13.5. The average Bonchev–Trinajstić information content (AvgIpc) is 3.11. The van der Waals surface area contributed by atoms with Gasteiger partial charge in [0.1, 0.15) is 0 Å². The number of hydrogen-bond donors (Lipinski definition) is 3. The molecule has 0 aromatic heterocycles. The molecule has 3 N–H and O–H groups in total. The maximum absolute atomic E-state index is 10.4. The minimum atomic E-state index is -0.342. The molecular formula is C22H41NO2S. The van der Waals surface area contributed by atoms with Crippen LogP contribution in [0.25, 0.3) is 0 Å². The number of rotatable bonds is 9. The predicted molar refractivity (Wildman–Crippen MR) is 116 cm³/mol. The Morgan fingerprint density at radius 2 is 1.96 bits per heavy atom. The molecule has 0 bridgehead atoms. The van der Waals surface area contributed by atoms with Gasteiger partial charge in [-0.15, -0.1) is 0 Å². The highest BCUT2D eigenvalue weighted by atomic mass is 32.2. The van der Waals surface area contributed by atoms with Crippen molar-refractivity contribution in [3.63, 3.8) is 0 Å². The zero-order valence-electron chi connectivity index (χ0n) is 17.3. The third-order valence-corrected chi connectivity index (χ3v) is 6.27. The zero-order chi connectivity index (χ0) is 19.4. The summed E-state index contributed by atoms with van der Waals surface area (Å²) in [7, 11) is 3.75. The Kier molecular flexibility index (Phi) is 12.6. The first-order chi connectivity index (χ1) is 12.6. The number of unbranched alkanes of at least 4 members (excludes halogenated alkanes) is 2. The maximum Gasteiger partial charge on any atom is 0.0721 e. The second kappa shape index (κ2) is 13.8. The Hall–Kier alpha value is -0.290. The summed E-state index contributed by atoms with van der Waals surface area (Å²) in [6.45, 7) is 4.39. The summed E-state index contributed by atoms with van der Waals surface area (Å²) < 4.78 is 0. The molecule has 2 aliphatic carbocycles. The number of hydrogen-bond acceptors (Lipinski definition) is 4. The maximum atomic E-state index is 10.4. The number of aliphatic hydroxyl groups excluding tert-OH is 2. The highest BCUT2D eigenvalue weighted by Crippen LogP contribution is 2.50. The van der Waals surface area contributed by atoms with E-state index in [2.05, 4.69) is 31.3 Å². The standard InChI is InChI=1S/C20H34O2S.C2H7N/c1-3-5-6-7-17(21)8-9-18-19-13-15(10-11-23-4-2)12-16(19)14-20(18)22;1-3-2/h8-10,16-22H,3-7,11-14H2,1-2H3;3H,1-2H3/t16-,17-,18+,19-,20+;/m0./s1. The molecule has 0 aromatic rings. The van der Waals surface area contributed by atoms with Gasteiger partial charge in [-0.3, -0.25) is 0 Å². The Balaban J connectivity index is 0.00000105. The minimum Gasteiger partial charge on any atom is -0.392 e. The summed E-state index contributed by atoms with van der Waals surface area (Å²) in [4.78, 5) is 0. The van der Waals surface area contributed by atoms with Crippen LogP contribution in [0.1, 0.15) is 58.8 Å². The topological polar surface area (TPSA) is 52.5 Å². The predicted octanol–water partition coefficient (Wildman–Crippen LogP) is 4.41. The highest BCUT2D eigenvalue weighted by molar-refractivity contribution is 7.99. The fourth-order valence-corrected chi connectivity index (χ4v) is 4.78. The quantitative estimate of drug-likeness (QED) is 0.408. The molecule has 26 heavy (non-hydrogen) atoms. The van der Waals surface area contributed by atoms with Crippen molar-refractivity contribution < 1.29 is 10.2 Å². The van der Waals surface area contributed by atoms with E-state index in [0.717, 1.165) is 31.4 Å². The van der Waals surface area contributed by atoms with E-state index < -0.39 is 0 Å². The van der Waals surface area contributed by atoms with E-state index in [9.17, 15) is 10.2 Å². The fraction of sp³-hybridized carbons (Fsp3) is 0.818. The first-order valence-electron chi connectivity index (χ1n) is 10.5. The van der Waals surface area contributed by atoms with Gasteiger partial charge in [0.15, 0.2) is 0 Å². The van der Waals surface area contributed by atoms with Crippen LogP contribution in [-0.2, 0) is 0 Å². The molecule has 0 heterocycles. The average molecular weight is 384 g/mol. The minimum absolute atomic E-state index is 0.212. The molecule has 0 saturated heterocycles. The molecule has 4 heteroatoms. The van der Waals surface area contributed by atoms with E-state index in [1.54, 1.807) is 5.57 Å². The van der Waals surface area contributed by atoms with Crippen molar-refractivity contribution in [2.75, 3.05) is 25.6 Å². The van der Waals surface area contributed by atoms with E-state index in [0.29, 0.717) is 11.8 Å². The molecule has 3 nitrogen and oxygen atoms in total. The lowest BCUT2D eigenvalue weighted by Gasteiger charge is -2.17. The van der Waals surface area contributed by atoms with Gasteiger partial charge in [-0.25, -0.2) is 0 Å². The summed E-state index contributed by atoms with van der Waals surface area (Å²) in [5.41, 5.74) is 1.59. The van der Waals surface area contributed by atoms with E-state index in [1.165, 1.54) is 25.0 Å². The van der Waals surface area contributed by atoms with Crippen LogP contribution in [0.15, 0.2) is 23.8 Å². The second-order valence-corrected chi connectivity index (χ2v) is 9.00. The monoisotopic (exact) mass is 383 g/mol. The summed E-state index contributed by atoms with van der Waals surface area (Å²) >= 11 is 1.98. The summed E-state index contributed by atoms with van der Waals surface area (Å²) in [5, 5.41) is 23.2. The molecule has 0 aliphatic heterocycles. The number of fused-ring (bicyclic) bond motifs is 1. The lowest BCUT2D eigenvalue weighted by molar-refractivity contribution is 0.139. The fourth-order valence-electron chi connectivity index (χ4n) is 4.19. The number of nitrogens with one attached hydrogen (secondary N) is 1.